The van der Waals surface area contributed by atoms with Gasteiger partial charge in [-0.05, 0) is 44.9 Å². The highest BCUT2D eigenvalue weighted by atomic mass is 16.6. The number of carboxylic acid groups (broad SMARTS) is 1. The van der Waals surface area contributed by atoms with Gasteiger partial charge >= 0.3 is 11.7 Å². The predicted octanol–water partition coefficient (Wildman–Crippen LogP) is 4.49. The van der Waals surface area contributed by atoms with Crippen LogP contribution in [0.4, 0.5) is 5.69 Å². The number of hydrogen-bond acceptors (Lipinski definition) is 8. The summed E-state index contributed by atoms with van der Waals surface area (Å²) in [4.78, 5) is 40.6. The monoisotopic (exact) mass is 508 g/mol. The molecule has 0 aliphatic heterocycles. The predicted molar refractivity (Wildman–Crippen MR) is 137 cm³/mol. The highest BCUT2D eigenvalue weighted by Crippen LogP contribution is 2.39. The van der Waals surface area contributed by atoms with E-state index < -0.39 is 22.7 Å². The fourth-order valence-corrected chi connectivity index (χ4v) is 4.43. The SMILES string of the molecule is CCOc1cc(C=Nn2c(C3CCCCC3)nc3ccccc3c2=O)cc([N+](=O)[O-])c1O[C@@H](C)C(=O)O. The third-order valence-corrected chi connectivity index (χ3v) is 6.27. The van der Waals surface area contributed by atoms with Crippen LogP contribution in [0.15, 0.2) is 46.3 Å². The molecular formula is C26H28N4O7. The molecule has 1 aromatic heterocycles. The zero-order valence-electron chi connectivity index (χ0n) is 20.6. The van der Waals surface area contributed by atoms with Crippen molar-refractivity contribution in [1.29, 1.82) is 0 Å². The second kappa shape index (κ2) is 11.2. The Hall–Kier alpha value is -4.28. The molecule has 1 aliphatic carbocycles. The lowest BCUT2D eigenvalue weighted by atomic mass is 9.88. The van der Waals surface area contributed by atoms with Crippen molar-refractivity contribution in [3.05, 3.63) is 68.3 Å². The Labute approximate surface area is 212 Å². The van der Waals surface area contributed by atoms with Crippen LogP contribution in [-0.4, -0.2) is 44.6 Å². The van der Waals surface area contributed by atoms with Gasteiger partial charge in [0.15, 0.2) is 11.9 Å². The number of hydrogen-bond donors (Lipinski definition) is 1. The minimum atomic E-state index is -1.34. The lowest BCUT2D eigenvalue weighted by molar-refractivity contribution is -0.386. The molecular weight excluding hydrogens is 480 g/mol. The van der Waals surface area contributed by atoms with Crippen molar-refractivity contribution in [3.63, 3.8) is 0 Å². The van der Waals surface area contributed by atoms with Gasteiger partial charge in [0.2, 0.25) is 5.75 Å². The van der Waals surface area contributed by atoms with Crippen LogP contribution in [0.3, 0.4) is 0 Å². The molecule has 0 spiro atoms. The second-order valence-electron chi connectivity index (χ2n) is 8.84. The number of ether oxygens (including phenoxy) is 2. The van der Waals surface area contributed by atoms with Crippen molar-refractivity contribution in [2.45, 2.75) is 58.0 Å². The fourth-order valence-electron chi connectivity index (χ4n) is 4.43. The molecule has 1 aliphatic rings. The molecule has 1 N–H and O–H groups in total. The van der Waals surface area contributed by atoms with Gasteiger partial charge in [-0.2, -0.15) is 9.78 Å². The van der Waals surface area contributed by atoms with Gasteiger partial charge in [-0.15, -0.1) is 0 Å². The lowest BCUT2D eigenvalue weighted by Crippen LogP contribution is -2.25. The molecule has 4 rings (SSSR count). The van der Waals surface area contributed by atoms with Gasteiger partial charge in [-0.3, -0.25) is 14.9 Å². The maximum Gasteiger partial charge on any atom is 0.344 e. The zero-order chi connectivity index (χ0) is 26.5. The van der Waals surface area contributed by atoms with Crippen LogP contribution in [0.2, 0.25) is 0 Å². The summed E-state index contributed by atoms with van der Waals surface area (Å²) in [5.41, 5.74) is 0.0807. The van der Waals surface area contributed by atoms with Crippen LogP contribution in [0.25, 0.3) is 10.9 Å². The number of benzene rings is 2. The molecule has 0 amide bonds. The Morgan fingerprint density at radius 3 is 2.70 bits per heavy atom. The van der Waals surface area contributed by atoms with Gasteiger partial charge in [0.05, 0.1) is 28.6 Å². The van der Waals surface area contributed by atoms with E-state index in [4.69, 9.17) is 14.5 Å². The van der Waals surface area contributed by atoms with Crippen molar-refractivity contribution in [1.82, 2.24) is 9.66 Å². The maximum atomic E-state index is 13.4. The van der Waals surface area contributed by atoms with Gasteiger partial charge in [-0.25, -0.2) is 9.78 Å². The molecule has 2 aromatic carbocycles. The summed E-state index contributed by atoms with van der Waals surface area (Å²) in [7, 11) is 0. The normalized spacial score (nSPS) is 15.1. The van der Waals surface area contributed by atoms with E-state index in [9.17, 15) is 24.8 Å². The van der Waals surface area contributed by atoms with E-state index in [0.717, 1.165) is 32.1 Å². The molecule has 11 nitrogen and oxygen atoms in total. The summed E-state index contributed by atoms with van der Waals surface area (Å²) < 4.78 is 12.2. The summed E-state index contributed by atoms with van der Waals surface area (Å²) in [5.74, 6) is -0.922. The lowest BCUT2D eigenvalue weighted by Gasteiger charge is -2.22. The molecule has 3 aromatic rings. The first kappa shape index (κ1) is 25.8. The van der Waals surface area contributed by atoms with Crippen molar-refractivity contribution >= 4 is 28.8 Å². The van der Waals surface area contributed by atoms with Crippen LogP contribution in [-0.2, 0) is 4.79 Å². The number of nitrogens with zero attached hydrogens (tertiary/aromatic N) is 4. The standard InChI is InChI=1S/C26H28N4O7/c1-3-36-22-14-17(13-21(30(34)35)23(22)37-16(2)26(32)33)15-27-29-24(18-9-5-4-6-10-18)28-20-12-8-7-11-19(20)25(29)31/h7-8,11-16,18H,3-6,9-10H2,1-2H3,(H,32,33)/t16-/m0/s1. The molecule has 194 valence electrons. The van der Waals surface area contributed by atoms with Crippen LogP contribution in [0.1, 0.15) is 63.3 Å². The Morgan fingerprint density at radius 2 is 2.03 bits per heavy atom. The van der Waals surface area contributed by atoms with Crippen molar-refractivity contribution in [2.24, 2.45) is 5.10 Å². The van der Waals surface area contributed by atoms with Crippen LogP contribution in [0, 0.1) is 10.1 Å². The molecule has 0 saturated heterocycles. The van der Waals surface area contributed by atoms with Gasteiger partial charge in [0.1, 0.15) is 5.82 Å². The van der Waals surface area contributed by atoms with E-state index in [0.29, 0.717) is 16.7 Å². The smallest absolute Gasteiger partial charge is 0.344 e. The molecule has 37 heavy (non-hydrogen) atoms. The van der Waals surface area contributed by atoms with E-state index in [1.54, 1.807) is 25.1 Å². The van der Waals surface area contributed by atoms with E-state index in [2.05, 4.69) is 5.10 Å². The summed E-state index contributed by atoms with van der Waals surface area (Å²) in [6, 6.07) is 9.74. The highest BCUT2D eigenvalue weighted by Gasteiger charge is 2.27. The largest absolute Gasteiger partial charge is 0.490 e. The summed E-state index contributed by atoms with van der Waals surface area (Å²) in [5, 5.41) is 25.9. The number of aromatic nitrogens is 2. The molecule has 1 atom stereocenters. The van der Waals surface area contributed by atoms with E-state index >= 15 is 0 Å². The van der Waals surface area contributed by atoms with E-state index in [1.165, 1.54) is 29.9 Å². The Kier molecular flexibility index (Phi) is 7.80. The zero-order valence-corrected chi connectivity index (χ0v) is 20.6. The molecule has 1 fully saturated rings. The van der Waals surface area contributed by atoms with Crippen LogP contribution < -0.4 is 15.0 Å². The number of carbonyl (C=O) groups is 1. The molecule has 0 bridgehead atoms. The van der Waals surface area contributed by atoms with Gasteiger partial charge in [0, 0.05) is 17.5 Å². The van der Waals surface area contributed by atoms with Crippen LogP contribution >= 0.6 is 0 Å². The number of fused-ring (bicyclic) bond motifs is 1. The van der Waals surface area contributed by atoms with Crippen molar-refractivity contribution < 1.29 is 24.3 Å². The minimum Gasteiger partial charge on any atom is -0.490 e. The van der Waals surface area contributed by atoms with Gasteiger partial charge in [0.25, 0.3) is 5.56 Å². The topological polar surface area (TPSA) is 146 Å². The first-order chi connectivity index (χ1) is 17.8. The molecule has 11 heteroatoms. The second-order valence-corrected chi connectivity index (χ2v) is 8.84. The number of nitro groups is 1. The van der Waals surface area contributed by atoms with Gasteiger partial charge in [-0.1, -0.05) is 31.4 Å². The average molecular weight is 509 g/mol. The number of para-hydroxylation sites is 1. The molecule has 0 radical (unpaired) electrons. The number of aliphatic carboxylic acids is 1. The Bertz CT molecular complexity index is 1410. The maximum absolute atomic E-state index is 13.4. The first-order valence-electron chi connectivity index (χ1n) is 12.2. The minimum absolute atomic E-state index is 0.00253. The van der Waals surface area contributed by atoms with E-state index in [-0.39, 0.29) is 35.1 Å². The Morgan fingerprint density at radius 1 is 1.30 bits per heavy atom. The van der Waals surface area contributed by atoms with E-state index in [1.807, 2.05) is 6.07 Å². The quantitative estimate of drug-likeness (QED) is 0.253. The molecule has 1 heterocycles. The average Bonchev–Trinajstić information content (AvgIpc) is 2.89. The Balaban J connectivity index is 1.82. The van der Waals surface area contributed by atoms with Crippen LogP contribution in [0.5, 0.6) is 11.5 Å². The number of nitro benzene ring substituents is 1. The summed E-state index contributed by atoms with van der Waals surface area (Å²) >= 11 is 0. The van der Waals surface area contributed by atoms with Crippen molar-refractivity contribution in [3.8, 4) is 11.5 Å². The first-order valence-corrected chi connectivity index (χ1v) is 12.2. The highest BCUT2D eigenvalue weighted by molar-refractivity contribution is 5.84. The number of carboxylic acids is 1. The molecule has 0 unspecified atom stereocenters. The fraction of sp³-hybridized carbons (Fsp3) is 0.385. The molecule has 1 saturated carbocycles. The third kappa shape index (κ3) is 5.60. The summed E-state index contributed by atoms with van der Waals surface area (Å²) in [6.07, 6.45) is 5.01. The van der Waals surface area contributed by atoms with Gasteiger partial charge < -0.3 is 14.6 Å². The summed E-state index contributed by atoms with van der Waals surface area (Å²) in [6.45, 7) is 3.12. The van der Waals surface area contributed by atoms with Crippen molar-refractivity contribution in [2.75, 3.05) is 6.61 Å². The third-order valence-electron chi connectivity index (χ3n) is 6.27. The number of rotatable bonds is 9.